The monoisotopic (exact) mass is 410 g/mol. The van der Waals surface area contributed by atoms with Gasteiger partial charge in [-0.15, -0.1) is 0 Å². The molecule has 0 saturated carbocycles. The number of hydrogen-bond donors (Lipinski definition) is 1. The van der Waals surface area contributed by atoms with Crippen LogP contribution in [0.1, 0.15) is 13.8 Å². The Bertz CT molecular complexity index is 571. The first-order valence-corrected chi connectivity index (χ1v) is 9.00. The first kappa shape index (κ1) is 15.3. The van der Waals surface area contributed by atoms with Gasteiger partial charge in [-0.2, -0.15) is 4.31 Å². The Labute approximate surface area is 130 Å². The van der Waals surface area contributed by atoms with E-state index in [1.54, 1.807) is 12.1 Å². The molecule has 2 unspecified atom stereocenters. The van der Waals surface area contributed by atoms with Crippen molar-refractivity contribution in [3.05, 3.63) is 21.1 Å². The minimum atomic E-state index is -3.54. The van der Waals surface area contributed by atoms with E-state index in [0.29, 0.717) is 29.4 Å². The minimum Gasteiger partial charge on any atom is -0.398 e. The van der Waals surface area contributed by atoms with Gasteiger partial charge in [0, 0.05) is 22.0 Å². The normalized spacial score (nSPS) is 24.8. The van der Waals surface area contributed by atoms with Crippen molar-refractivity contribution in [2.45, 2.75) is 18.7 Å². The van der Waals surface area contributed by atoms with Crippen molar-refractivity contribution < 1.29 is 8.42 Å². The zero-order valence-corrected chi connectivity index (χ0v) is 14.7. The number of rotatable bonds is 2. The van der Waals surface area contributed by atoms with E-state index in [2.05, 4.69) is 45.7 Å². The number of nitrogens with zero attached hydrogens (tertiary/aromatic N) is 1. The number of sulfonamides is 1. The molecule has 1 aliphatic heterocycles. The molecule has 2 rings (SSSR count). The molecular weight excluding hydrogens is 396 g/mol. The second-order valence-corrected chi connectivity index (χ2v) is 8.73. The molecule has 1 aromatic rings. The molecule has 0 amide bonds. The summed E-state index contributed by atoms with van der Waals surface area (Å²) in [5, 5.41) is 0. The molecule has 0 radical (unpaired) electrons. The third-order valence-corrected chi connectivity index (χ3v) is 6.88. The lowest BCUT2D eigenvalue weighted by Gasteiger charge is -2.19. The van der Waals surface area contributed by atoms with Gasteiger partial charge in [-0.1, -0.05) is 29.8 Å². The minimum absolute atomic E-state index is 0.164. The van der Waals surface area contributed by atoms with E-state index in [4.69, 9.17) is 5.73 Å². The van der Waals surface area contributed by atoms with Gasteiger partial charge in [0.05, 0.1) is 5.69 Å². The summed E-state index contributed by atoms with van der Waals surface area (Å²) in [5.74, 6) is 0.732. The first-order valence-electron chi connectivity index (χ1n) is 5.98. The molecule has 4 nitrogen and oxygen atoms in total. The topological polar surface area (TPSA) is 63.4 Å². The van der Waals surface area contributed by atoms with E-state index in [-0.39, 0.29) is 10.6 Å². The molecule has 1 saturated heterocycles. The average molecular weight is 412 g/mol. The number of benzene rings is 1. The summed E-state index contributed by atoms with van der Waals surface area (Å²) in [7, 11) is -3.54. The number of nitrogens with two attached hydrogens (primary N) is 1. The zero-order chi connectivity index (χ0) is 14.4. The van der Waals surface area contributed by atoms with Gasteiger partial charge >= 0.3 is 0 Å². The maximum atomic E-state index is 12.7. The molecule has 2 N–H and O–H groups in total. The summed E-state index contributed by atoms with van der Waals surface area (Å²) in [5.41, 5.74) is 6.14. The van der Waals surface area contributed by atoms with Crippen molar-refractivity contribution in [1.82, 2.24) is 4.31 Å². The zero-order valence-electron chi connectivity index (χ0n) is 10.7. The second kappa shape index (κ2) is 5.35. The van der Waals surface area contributed by atoms with E-state index in [9.17, 15) is 8.42 Å². The van der Waals surface area contributed by atoms with Crippen LogP contribution in [-0.2, 0) is 10.0 Å². The maximum absolute atomic E-state index is 12.7. The van der Waals surface area contributed by atoms with E-state index in [1.807, 2.05) is 0 Å². The Hall–Kier alpha value is -0.110. The van der Waals surface area contributed by atoms with Crippen LogP contribution in [0.15, 0.2) is 26.0 Å². The summed E-state index contributed by atoms with van der Waals surface area (Å²) < 4.78 is 28.1. The molecule has 1 aliphatic rings. The van der Waals surface area contributed by atoms with Crippen LogP contribution in [0.3, 0.4) is 0 Å². The van der Waals surface area contributed by atoms with E-state index >= 15 is 0 Å². The van der Waals surface area contributed by atoms with Crippen LogP contribution in [0.25, 0.3) is 0 Å². The SMILES string of the molecule is CC1CN(S(=O)(=O)c2c(N)cc(Br)cc2Br)CC1C. The quantitative estimate of drug-likeness (QED) is 0.760. The number of halogens is 2. The fourth-order valence-corrected chi connectivity index (χ4v) is 5.91. The Morgan fingerprint density at radius 3 is 2.21 bits per heavy atom. The number of hydrogen-bond acceptors (Lipinski definition) is 3. The van der Waals surface area contributed by atoms with Crippen LogP contribution in [-0.4, -0.2) is 25.8 Å². The van der Waals surface area contributed by atoms with Gasteiger partial charge < -0.3 is 5.73 Å². The molecule has 0 bridgehead atoms. The first-order chi connectivity index (χ1) is 8.73. The van der Waals surface area contributed by atoms with Crippen LogP contribution >= 0.6 is 31.9 Å². The van der Waals surface area contributed by atoms with E-state index in [1.165, 1.54) is 4.31 Å². The molecule has 0 spiro atoms. The summed E-state index contributed by atoms with van der Waals surface area (Å²) in [6.45, 7) is 5.23. The van der Waals surface area contributed by atoms with Crippen LogP contribution in [0, 0.1) is 11.8 Å². The van der Waals surface area contributed by atoms with Gasteiger partial charge in [0.25, 0.3) is 0 Å². The molecule has 1 aromatic carbocycles. The number of anilines is 1. The lowest BCUT2D eigenvalue weighted by atomic mass is 10.0. The van der Waals surface area contributed by atoms with Crippen molar-refractivity contribution in [2.24, 2.45) is 11.8 Å². The van der Waals surface area contributed by atoms with Crippen molar-refractivity contribution >= 4 is 47.6 Å². The fraction of sp³-hybridized carbons (Fsp3) is 0.500. The van der Waals surface area contributed by atoms with E-state index in [0.717, 1.165) is 4.47 Å². The predicted octanol–water partition coefficient (Wildman–Crippen LogP) is 3.07. The second-order valence-electron chi connectivity index (χ2n) is 5.08. The van der Waals surface area contributed by atoms with Crippen molar-refractivity contribution in [1.29, 1.82) is 0 Å². The highest BCUT2D eigenvalue weighted by Gasteiger charge is 2.36. The standard InChI is InChI=1S/C12H16Br2N2O2S/c1-7-5-16(6-8(7)2)19(17,18)12-10(14)3-9(13)4-11(12)15/h3-4,7-8H,5-6,15H2,1-2H3. The van der Waals surface area contributed by atoms with Gasteiger partial charge in [0.2, 0.25) is 10.0 Å². The summed E-state index contributed by atoms with van der Waals surface area (Å²) in [6.07, 6.45) is 0. The van der Waals surface area contributed by atoms with Gasteiger partial charge in [0.15, 0.2) is 0 Å². The predicted molar refractivity (Wildman–Crippen MR) is 83.3 cm³/mol. The lowest BCUT2D eigenvalue weighted by Crippen LogP contribution is -2.30. The van der Waals surface area contributed by atoms with Crippen LogP contribution in [0.2, 0.25) is 0 Å². The highest BCUT2D eigenvalue weighted by Crippen LogP contribution is 2.36. The van der Waals surface area contributed by atoms with Gasteiger partial charge in [-0.3, -0.25) is 0 Å². The van der Waals surface area contributed by atoms with Gasteiger partial charge in [0.1, 0.15) is 4.90 Å². The van der Waals surface area contributed by atoms with Crippen LogP contribution in [0.4, 0.5) is 5.69 Å². The van der Waals surface area contributed by atoms with Crippen LogP contribution < -0.4 is 5.73 Å². The Morgan fingerprint density at radius 2 is 1.74 bits per heavy atom. The molecule has 106 valence electrons. The largest absolute Gasteiger partial charge is 0.398 e. The summed E-state index contributed by atoms with van der Waals surface area (Å²) in [4.78, 5) is 0.164. The van der Waals surface area contributed by atoms with Gasteiger partial charge in [-0.25, -0.2) is 8.42 Å². The molecule has 7 heteroatoms. The third-order valence-electron chi connectivity index (χ3n) is 3.59. The van der Waals surface area contributed by atoms with E-state index < -0.39 is 10.0 Å². The smallest absolute Gasteiger partial charge is 0.246 e. The highest BCUT2D eigenvalue weighted by atomic mass is 79.9. The summed E-state index contributed by atoms with van der Waals surface area (Å²) in [6, 6.07) is 3.31. The van der Waals surface area contributed by atoms with Crippen LogP contribution in [0.5, 0.6) is 0 Å². The van der Waals surface area contributed by atoms with Crippen molar-refractivity contribution in [3.63, 3.8) is 0 Å². The highest BCUT2D eigenvalue weighted by molar-refractivity contribution is 9.11. The maximum Gasteiger partial charge on any atom is 0.246 e. The average Bonchev–Trinajstić information content (AvgIpc) is 2.57. The molecule has 0 aromatic heterocycles. The fourth-order valence-electron chi connectivity index (χ4n) is 2.25. The third kappa shape index (κ3) is 2.84. The van der Waals surface area contributed by atoms with Gasteiger partial charge in [-0.05, 0) is 39.9 Å². The Balaban J connectivity index is 2.47. The van der Waals surface area contributed by atoms with Crippen molar-refractivity contribution in [3.8, 4) is 0 Å². The Kier molecular flexibility index (Phi) is 4.30. The molecular formula is C12H16Br2N2O2S. The summed E-state index contributed by atoms with van der Waals surface area (Å²) >= 11 is 6.59. The molecule has 0 aliphatic carbocycles. The molecule has 1 heterocycles. The number of nitrogen functional groups attached to an aromatic ring is 1. The molecule has 2 atom stereocenters. The molecule has 19 heavy (non-hydrogen) atoms. The molecule has 1 fully saturated rings. The Morgan fingerprint density at radius 1 is 1.21 bits per heavy atom. The van der Waals surface area contributed by atoms with Crippen molar-refractivity contribution in [2.75, 3.05) is 18.8 Å². The lowest BCUT2D eigenvalue weighted by molar-refractivity contribution is 0.463.